The molecule has 0 aliphatic carbocycles. The molecule has 103 heavy (non-hydrogen) atoms. The fourth-order valence-electron chi connectivity index (χ4n) is 16.6. The molecule has 10 heteroatoms. The number of fused-ring (bicyclic) bond motifs is 18. The number of rotatable bonds is 10. The van der Waals surface area contributed by atoms with E-state index in [1.165, 1.54) is 21.5 Å². The van der Waals surface area contributed by atoms with Gasteiger partial charge in [0, 0.05) is 99.1 Å². The van der Waals surface area contributed by atoms with Crippen molar-refractivity contribution in [3.05, 3.63) is 346 Å². The van der Waals surface area contributed by atoms with Crippen LogP contribution >= 0.6 is 0 Å². The van der Waals surface area contributed by atoms with E-state index in [0.29, 0.717) is 17.8 Å². The monoisotopic (exact) mass is 1320 g/mol. The zero-order valence-corrected chi connectivity index (χ0v) is 55.3. The van der Waals surface area contributed by atoms with Crippen molar-refractivity contribution in [1.29, 1.82) is 0 Å². The molecular formula is C93H57N9O. The van der Waals surface area contributed by atoms with Gasteiger partial charge >= 0.3 is 0 Å². The fraction of sp³-hybridized carbons (Fsp3) is 0. The van der Waals surface area contributed by atoms with Gasteiger partial charge in [0.05, 0.1) is 55.2 Å². The van der Waals surface area contributed by atoms with Crippen LogP contribution < -0.4 is 4.90 Å². The number of furan rings is 1. The lowest BCUT2D eigenvalue weighted by Gasteiger charge is -2.25. The molecule has 0 N–H and O–H groups in total. The van der Waals surface area contributed by atoms with Crippen LogP contribution in [0.5, 0.6) is 0 Å². The fourth-order valence-corrected chi connectivity index (χ4v) is 16.6. The number of anilines is 3. The highest BCUT2D eigenvalue weighted by Crippen LogP contribution is 2.45. The minimum atomic E-state index is 0.456. The van der Waals surface area contributed by atoms with Gasteiger partial charge < -0.3 is 18.5 Å². The molecule has 7 aromatic heterocycles. The standard InChI is InChI=1S/C93H57N9O/c1-5-23-62(24-6-1)97(63-25-7-2-8-26-63)66-45-50-87-76(55-66)69-33-15-20-38-81(69)100(87)91-94-92(96-93(95-91)102-82-39-21-16-34-70(82)77-56-78-71-35-17-22-40-89(71)103-90(78)57-88(77)102)101-85-48-43-60(58-41-46-83-72(51-58)67-31-13-18-36-79(67)98(83)64-27-9-3-10-28-64)53-74(85)75-54-61(44-49-86(75)101)59-42-47-84-73(52-59)68-32-14-19-37-80(68)99(84)65-29-11-4-12-30-65/h1-57H. The highest BCUT2D eigenvalue weighted by Gasteiger charge is 2.27. The Balaban J connectivity index is 0.808. The first-order chi connectivity index (χ1) is 51.1. The first kappa shape index (κ1) is 56.9. The molecule has 0 amide bonds. The molecule has 0 saturated heterocycles. The average Bonchev–Trinajstić information content (AvgIpc) is 1.59. The van der Waals surface area contributed by atoms with E-state index in [9.17, 15) is 0 Å². The van der Waals surface area contributed by atoms with Gasteiger partial charge in [-0.05, 0) is 174 Å². The third-order valence-electron chi connectivity index (χ3n) is 21.1. The maximum atomic E-state index is 6.71. The molecule has 0 aliphatic heterocycles. The zero-order valence-electron chi connectivity index (χ0n) is 55.3. The van der Waals surface area contributed by atoms with E-state index in [0.717, 1.165) is 160 Å². The SMILES string of the molecule is c1ccc(N(c2ccccc2)c2ccc3c(c2)c2ccccc2n3-c2nc(-n3c4ccc(-c5ccc6c(c5)c5ccccc5n6-c5ccccc5)cc4c4cc(-c5ccc6c(c5)c5ccccc5n6-c5ccccc5)ccc43)nc(-n3c4ccccc4c4cc5c(cc43)oc3ccccc35)n2)cc1. The molecule has 0 bridgehead atoms. The lowest BCUT2D eigenvalue weighted by atomic mass is 9.98. The molecule has 0 spiro atoms. The zero-order chi connectivity index (χ0) is 67.4. The highest BCUT2D eigenvalue weighted by atomic mass is 16.3. The number of aromatic nitrogens is 8. The van der Waals surface area contributed by atoms with Gasteiger partial charge in [-0.15, -0.1) is 0 Å². The van der Waals surface area contributed by atoms with Crippen LogP contribution in [0.4, 0.5) is 17.1 Å². The summed E-state index contributed by atoms with van der Waals surface area (Å²) in [6, 6.07) is 124. The lowest BCUT2D eigenvalue weighted by Crippen LogP contribution is -2.13. The molecule has 0 aliphatic rings. The Morgan fingerprint density at radius 2 is 0.505 bits per heavy atom. The normalized spacial score (nSPS) is 12.1. The van der Waals surface area contributed by atoms with E-state index in [1.54, 1.807) is 0 Å². The van der Waals surface area contributed by atoms with E-state index in [-0.39, 0.29) is 0 Å². The van der Waals surface area contributed by atoms with Gasteiger partial charge in [0.2, 0.25) is 17.8 Å². The van der Waals surface area contributed by atoms with Crippen molar-refractivity contribution >= 4 is 148 Å². The summed E-state index contributed by atoms with van der Waals surface area (Å²) in [4.78, 5) is 19.7. The van der Waals surface area contributed by atoms with Crippen molar-refractivity contribution in [2.45, 2.75) is 0 Å². The third-order valence-corrected chi connectivity index (χ3v) is 21.1. The van der Waals surface area contributed by atoms with Crippen molar-refractivity contribution in [2.24, 2.45) is 0 Å². The quantitative estimate of drug-likeness (QED) is 0.136. The summed E-state index contributed by atoms with van der Waals surface area (Å²) in [7, 11) is 0. The number of benzene rings is 15. The summed E-state index contributed by atoms with van der Waals surface area (Å²) in [5.41, 5.74) is 21.7. The Morgan fingerprint density at radius 1 is 0.194 bits per heavy atom. The molecule has 480 valence electrons. The van der Waals surface area contributed by atoms with Gasteiger partial charge in [0.1, 0.15) is 11.2 Å². The molecule has 10 nitrogen and oxygen atoms in total. The number of hydrogen-bond donors (Lipinski definition) is 0. The van der Waals surface area contributed by atoms with Crippen LogP contribution in [0.2, 0.25) is 0 Å². The van der Waals surface area contributed by atoms with Crippen LogP contribution in [0.3, 0.4) is 0 Å². The van der Waals surface area contributed by atoms with Gasteiger partial charge in [-0.2, -0.15) is 15.0 Å². The van der Waals surface area contributed by atoms with Gasteiger partial charge in [0.15, 0.2) is 0 Å². The van der Waals surface area contributed by atoms with Crippen molar-refractivity contribution < 1.29 is 4.42 Å². The van der Waals surface area contributed by atoms with E-state index in [1.807, 2.05) is 12.1 Å². The molecule has 0 atom stereocenters. The molecule has 15 aromatic carbocycles. The summed E-state index contributed by atoms with van der Waals surface area (Å²) < 4.78 is 18.2. The van der Waals surface area contributed by atoms with Crippen LogP contribution in [0.1, 0.15) is 0 Å². The highest BCUT2D eigenvalue weighted by molar-refractivity contribution is 6.19. The van der Waals surface area contributed by atoms with Crippen molar-refractivity contribution in [2.75, 3.05) is 4.90 Å². The first-order valence-electron chi connectivity index (χ1n) is 34.9. The van der Waals surface area contributed by atoms with E-state index in [2.05, 4.69) is 361 Å². The van der Waals surface area contributed by atoms with Gasteiger partial charge in [-0.1, -0.05) is 188 Å². The molecule has 0 unspecified atom stereocenters. The van der Waals surface area contributed by atoms with E-state index >= 15 is 0 Å². The summed E-state index contributed by atoms with van der Waals surface area (Å²) in [6.07, 6.45) is 0. The minimum absolute atomic E-state index is 0.456. The molecule has 0 fully saturated rings. The van der Waals surface area contributed by atoms with Crippen molar-refractivity contribution in [3.8, 4) is 51.5 Å². The van der Waals surface area contributed by atoms with E-state index < -0.39 is 0 Å². The lowest BCUT2D eigenvalue weighted by molar-refractivity contribution is 0.669. The van der Waals surface area contributed by atoms with Crippen LogP contribution in [0, 0.1) is 0 Å². The van der Waals surface area contributed by atoms with Crippen molar-refractivity contribution in [3.63, 3.8) is 0 Å². The Morgan fingerprint density at radius 3 is 0.942 bits per heavy atom. The molecule has 0 saturated carbocycles. The summed E-state index contributed by atoms with van der Waals surface area (Å²) in [6.45, 7) is 0. The molecule has 0 radical (unpaired) electrons. The second kappa shape index (κ2) is 22.2. The molecule has 22 aromatic rings. The Labute approximate surface area is 588 Å². The Bertz CT molecular complexity index is 6990. The average molecular weight is 1320 g/mol. The Kier molecular flexibility index (Phi) is 12.3. The molecule has 22 rings (SSSR count). The summed E-state index contributed by atoms with van der Waals surface area (Å²) in [5.74, 6) is 1.38. The smallest absolute Gasteiger partial charge is 0.241 e. The summed E-state index contributed by atoms with van der Waals surface area (Å²) in [5, 5.41) is 13.3. The van der Waals surface area contributed by atoms with Crippen LogP contribution in [-0.4, -0.2) is 37.8 Å². The van der Waals surface area contributed by atoms with Gasteiger partial charge in [-0.3, -0.25) is 13.7 Å². The van der Waals surface area contributed by atoms with Crippen LogP contribution in [0.15, 0.2) is 350 Å². The first-order valence-corrected chi connectivity index (χ1v) is 34.9. The second-order valence-electron chi connectivity index (χ2n) is 26.8. The second-order valence-corrected chi connectivity index (χ2v) is 26.8. The predicted octanol–water partition coefficient (Wildman–Crippen LogP) is 24.1. The number of para-hydroxylation sites is 9. The predicted molar refractivity (Wildman–Crippen MR) is 424 cm³/mol. The molecular weight excluding hydrogens is 1260 g/mol. The minimum Gasteiger partial charge on any atom is -0.456 e. The van der Waals surface area contributed by atoms with Crippen molar-refractivity contribution in [1.82, 2.24) is 37.8 Å². The topological polar surface area (TPSA) is 79.7 Å². The maximum absolute atomic E-state index is 6.71. The maximum Gasteiger partial charge on any atom is 0.241 e. The molecule has 7 heterocycles. The van der Waals surface area contributed by atoms with E-state index in [4.69, 9.17) is 19.4 Å². The summed E-state index contributed by atoms with van der Waals surface area (Å²) >= 11 is 0. The largest absolute Gasteiger partial charge is 0.456 e. The number of hydrogen-bond acceptors (Lipinski definition) is 5. The van der Waals surface area contributed by atoms with Crippen LogP contribution in [0.25, 0.3) is 182 Å². The van der Waals surface area contributed by atoms with Crippen LogP contribution in [-0.2, 0) is 0 Å². The van der Waals surface area contributed by atoms with Gasteiger partial charge in [0.25, 0.3) is 0 Å². The third kappa shape index (κ3) is 8.65. The number of nitrogens with zero attached hydrogens (tertiary/aromatic N) is 9. The Hall–Kier alpha value is -14.1. The van der Waals surface area contributed by atoms with Gasteiger partial charge in [-0.25, -0.2) is 0 Å².